The third-order valence-corrected chi connectivity index (χ3v) is 4.98. The molecule has 0 bridgehead atoms. The Bertz CT molecular complexity index is 568. The molecule has 1 saturated heterocycles. The van der Waals surface area contributed by atoms with Gasteiger partial charge in [0, 0.05) is 23.5 Å². The Kier molecular flexibility index (Phi) is 4.36. The predicted octanol–water partition coefficient (Wildman–Crippen LogP) is 2.55. The number of likely N-dealkylation sites (tertiary alicyclic amines) is 1. The van der Waals surface area contributed by atoms with Gasteiger partial charge >= 0.3 is 0 Å². The van der Waals surface area contributed by atoms with Crippen molar-refractivity contribution in [2.75, 3.05) is 20.1 Å². The van der Waals surface area contributed by atoms with Crippen LogP contribution in [0.3, 0.4) is 0 Å². The van der Waals surface area contributed by atoms with E-state index in [0.717, 1.165) is 13.0 Å². The summed E-state index contributed by atoms with van der Waals surface area (Å²) < 4.78 is 4.71. The molecule has 21 heavy (non-hydrogen) atoms. The molecular weight excluding hydrogens is 286 g/mol. The Morgan fingerprint density at radius 2 is 2.48 bits per heavy atom. The van der Waals surface area contributed by atoms with Gasteiger partial charge in [-0.2, -0.15) is 0 Å². The van der Waals surface area contributed by atoms with Crippen LogP contribution in [0.1, 0.15) is 34.2 Å². The Morgan fingerprint density at radius 3 is 3.19 bits per heavy atom. The van der Waals surface area contributed by atoms with Crippen molar-refractivity contribution in [3.63, 3.8) is 0 Å². The second-order valence-corrected chi connectivity index (χ2v) is 6.42. The van der Waals surface area contributed by atoms with Crippen molar-refractivity contribution in [1.29, 1.82) is 0 Å². The molecule has 1 aliphatic heterocycles. The summed E-state index contributed by atoms with van der Waals surface area (Å²) in [6, 6.07) is 6.24. The third kappa shape index (κ3) is 3.16. The molecule has 0 unspecified atom stereocenters. The van der Waals surface area contributed by atoms with Gasteiger partial charge in [0.2, 0.25) is 0 Å². The number of rotatable bonds is 4. The minimum absolute atomic E-state index is 0.165. The monoisotopic (exact) mass is 305 g/mol. The van der Waals surface area contributed by atoms with Crippen molar-refractivity contribution >= 4 is 17.2 Å². The predicted molar refractivity (Wildman–Crippen MR) is 81.3 cm³/mol. The van der Waals surface area contributed by atoms with Gasteiger partial charge in [-0.05, 0) is 43.8 Å². The molecule has 5 nitrogen and oxygen atoms in total. The zero-order chi connectivity index (χ0) is 14.7. The number of aromatic nitrogens is 1. The highest BCUT2D eigenvalue weighted by atomic mass is 32.1. The number of amides is 1. The molecule has 6 heteroatoms. The van der Waals surface area contributed by atoms with Crippen LogP contribution in [0.15, 0.2) is 34.4 Å². The van der Waals surface area contributed by atoms with Crippen LogP contribution >= 0.6 is 11.3 Å². The van der Waals surface area contributed by atoms with E-state index in [9.17, 15) is 4.79 Å². The van der Waals surface area contributed by atoms with E-state index in [1.807, 2.05) is 0 Å². The maximum atomic E-state index is 12.0. The van der Waals surface area contributed by atoms with Crippen LogP contribution in [0.4, 0.5) is 0 Å². The van der Waals surface area contributed by atoms with Crippen LogP contribution in [0.25, 0.3) is 0 Å². The fraction of sp³-hybridized carbons (Fsp3) is 0.467. The van der Waals surface area contributed by atoms with E-state index in [2.05, 4.69) is 39.9 Å². The number of carbonyl (C=O) groups is 1. The summed E-state index contributed by atoms with van der Waals surface area (Å²) >= 11 is 1.79. The lowest BCUT2D eigenvalue weighted by molar-refractivity contribution is 0.0887. The van der Waals surface area contributed by atoms with Crippen LogP contribution in [0.5, 0.6) is 0 Å². The van der Waals surface area contributed by atoms with Crippen LogP contribution in [0, 0.1) is 5.92 Å². The Hall–Kier alpha value is -1.66. The van der Waals surface area contributed by atoms with E-state index in [1.165, 1.54) is 17.6 Å². The minimum Gasteiger partial charge on any atom is -0.364 e. The fourth-order valence-electron chi connectivity index (χ4n) is 3.03. The topological polar surface area (TPSA) is 58.4 Å². The molecule has 2 aromatic rings. The maximum absolute atomic E-state index is 12.0. The highest BCUT2D eigenvalue weighted by molar-refractivity contribution is 7.10. The lowest BCUT2D eigenvalue weighted by Crippen LogP contribution is -2.41. The Morgan fingerprint density at radius 1 is 1.57 bits per heavy atom. The summed E-state index contributed by atoms with van der Waals surface area (Å²) in [6.07, 6.45) is 3.71. The average molecular weight is 305 g/mol. The normalized spacial score (nSPS) is 23.1. The van der Waals surface area contributed by atoms with E-state index in [-0.39, 0.29) is 5.91 Å². The van der Waals surface area contributed by atoms with Crippen molar-refractivity contribution in [2.45, 2.75) is 18.9 Å². The zero-order valence-corrected chi connectivity index (χ0v) is 12.8. The van der Waals surface area contributed by atoms with E-state index < -0.39 is 0 Å². The first kappa shape index (κ1) is 14.3. The summed E-state index contributed by atoms with van der Waals surface area (Å²) in [5, 5.41) is 8.77. The summed E-state index contributed by atoms with van der Waals surface area (Å²) in [4.78, 5) is 15.7. The molecule has 1 fully saturated rings. The highest BCUT2D eigenvalue weighted by Crippen LogP contribution is 2.36. The number of nitrogens with one attached hydrogen (secondary N) is 1. The number of hydrogen-bond acceptors (Lipinski definition) is 5. The molecule has 1 amide bonds. The lowest BCUT2D eigenvalue weighted by Gasteiger charge is -2.38. The summed E-state index contributed by atoms with van der Waals surface area (Å²) in [6.45, 7) is 1.77. The van der Waals surface area contributed by atoms with Gasteiger partial charge in [-0.3, -0.25) is 9.69 Å². The molecule has 0 saturated carbocycles. The van der Waals surface area contributed by atoms with Gasteiger partial charge < -0.3 is 9.84 Å². The van der Waals surface area contributed by atoms with Crippen molar-refractivity contribution in [1.82, 2.24) is 15.4 Å². The van der Waals surface area contributed by atoms with Crippen molar-refractivity contribution in [3.8, 4) is 0 Å². The summed E-state index contributed by atoms with van der Waals surface area (Å²) in [5.74, 6) is 0.264. The smallest absolute Gasteiger partial charge is 0.273 e. The molecule has 0 aliphatic carbocycles. The number of nitrogens with zero attached hydrogens (tertiary/aromatic N) is 2. The zero-order valence-electron chi connectivity index (χ0n) is 12.0. The number of piperidine rings is 1. The first-order valence-corrected chi connectivity index (χ1v) is 8.06. The molecule has 3 heterocycles. The van der Waals surface area contributed by atoms with E-state index >= 15 is 0 Å². The van der Waals surface area contributed by atoms with Crippen LogP contribution in [0.2, 0.25) is 0 Å². The summed E-state index contributed by atoms with van der Waals surface area (Å²) in [7, 11) is 2.16. The second-order valence-electron chi connectivity index (χ2n) is 5.44. The standard InChI is InChI=1S/C15H19N3O2S/c1-18-7-2-4-11(14(18)13-5-3-9-21-13)10-16-15(19)12-6-8-20-17-12/h3,5-6,8-9,11,14H,2,4,7,10H2,1H3,(H,16,19)/t11-,14+/m1/s1. The average Bonchev–Trinajstić information content (AvgIpc) is 3.17. The van der Waals surface area contributed by atoms with Gasteiger partial charge in [-0.15, -0.1) is 11.3 Å². The third-order valence-electron chi connectivity index (χ3n) is 4.04. The molecule has 0 radical (unpaired) electrons. The van der Waals surface area contributed by atoms with Gasteiger partial charge in [0.15, 0.2) is 5.69 Å². The van der Waals surface area contributed by atoms with Gasteiger partial charge in [0.25, 0.3) is 5.91 Å². The van der Waals surface area contributed by atoms with Gasteiger partial charge in [0.05, 0.1) is 0 Å². The molecule has 2 aromatic heterocycles. The molecule has 1 aliphatic rings. The van der Waals surface area contributed by atoms with Crippen molar-refractivity contribution < 1.29 is 9.32 Å². The Balaban J connectivity index is 1.66. The lowest BCUT2D eigenvalue weighted by atomic mass is 9.88. The quantitative estimate of drug-likeness (QED) is 0.943. The first-order chi connectivity index (χ1) is 10.3. The summed E-state index contributed by atoms with van der Waals surface area (Å²) in [5.41, 5.74) is 0.340. The molecule has 1 N–H and O–H groups in total. The molecule has 0 aromatic carbocycles. The second kappa shape index (κ2) is 6.41. The van der Waals surface area contributed by atoms with Gasteiger partial charge in [0.1, 0.15) is 6.26 Å². The van der Waals surface area contributed by atoms with Crippen LogP contribution in [-0.4, -0.2) is 36.1 Å². The fourth-order valence-corrected chi connectivity index (χ4v) is 4.01. The maximum Gasteiger partial charge on any atom is 0.273 e. The Labute approximate surface area is 127 Å². The van der Waals surface area contributed by atoms with Crippen molar-refractivity contribution in [2.24, 2.45) is 5.92 Å². The first-order valence-electron chi connectivity index (χ1n) is 7.18. The van der Waals surface area contributed by atoms with Crippen LogP contribution in [-0.2, 0) is 0 Å². The van der Waals surface area contributed by atoms with Gasteiger partial charge in [-0.1, -0.05) is 11.2 Å². The molecule has 3 rings (SSSR count). The number of carbonyl (C=O) groups excluding carboxylic acids is 1. The van der Waals surface area contributed by atoms with Gasteiger partial charge in [-0.25, -0.2) is 0 Å². The van der Waals surface area contributed by atoms with E-state index in [0.29, 0.717) is 24.2 Å². The number of thiophene rings is 1. The van der Waals surface area contributed by atoms with Crippen LogP contribution < -0.4 is 5.32 Å². The SMILES string of the molecule is CN1CCC[C@H](CNC(=O)c2ccon2)[C@H]1c1cccs1. The van der Waals surface area contributed by atoms with E-state index in [4.69, 9.17) is 4.52 Å². The molecule has 112 valence electrons. The molecule has 0 spiro atoms. The highest BCUT2D eigenvalue weighted by Gasteiger charge is 2.31. The molecular formula is C15H19N3O2S. The van der Waals surface area contributed by atoms with E-state index in [1.54, 1.807) is 17.4 Å². The largest absolute Gasteiger partial charge is 0.364 e. The molecule has 2 atom stereocenters. The minimum atomic E-state index is -0.165. The van der Waals surface area contributed by atoms with Crippen molar-refractivity contribution in [3.05, 3.63) is 40.4 Å². The number of hydrogen-bond donors (Lipinski definition) is 1.